The molecule has 18 heavy (non-hydrogen) atoms. The summed E-state index contributed by atoms with van der Waals surface area (Å²) in [5.41, 5.74) is 5.69. The summed E-state index contributed by atoms with van der Waals surface area (Å²) >= 11 is 8.72. The van der Waals surface area contributed by atoms with E-state index in [1.807, 2.05) is 0 Å². The number of nitrogens with zero attached hydrogens (tertiary/aromatic N) is 1. The molecule has 0 unspecified atom stereocenters. The summed E-state index contributed by atoms with van der Waals surface area (Å²) in [6, 6.07) is 6.37. The molecule has 0 fully saturated rings. The Labute approximate surface area is 126 Å². The van der Waals surface area contributed by atoms with E-state index in [1.165, 1.54) is 11.1 Å². The minimum Gasteiger partial charge on any atom is -0.338 e. The van der Waals surface area contributed by atoms with Gasteiger partial charge in [0.25, 0.3) is 0 Å². The smallest absolute Gasteiger partial charge is 0.140 e. The molecule has 1 N–H and O–H groups in total. The number of benzene rings is 1. The second-order valence-electron chi connectivity index (χ2n) is 4.30. The maximum atomic E-state index is 4.70. The zero-order valence-electron chi connectivity index (χ0n) is 9.84. The molecule has 3 rings (SSSR count). The monoisotopic (exact) mass is 384 g/mol. The third kappa shape index (κ3) is 2.04. The summed E-state index contributed by atoms with van der Waals surface area (Å²) in [4.78, 5) is 8.09. The maximum absolute atomic E-state index is 4.70. The van der Waals surface area contributed by atoms with E-state index < -0.39 is 0 Å². The Morgan fingerprint density at radius 3 is 2.61 bits per heavy atom. The fourth-order valence-electron chi connectivity index (χ4n) is 2.10. The van der Waals surface area contributed by atoms with E-state index in [0.717, 1.165) is 30.0 Å². The number of H-pyrrole nitrogens is 1. The van der Waals surface area contributed by atoms with Gasteiger partial charge >= 0.3 is 0 Å². The van der Waals surface area contributed by atoms with Gasteiger partial charge in [0.05, 0.1) is 18.6 Å². The first kappa shape index (κ1) is 12.4. The molecule has 0 bridgehead atoms. The van der Waals surface area contributed by atoms with Crippen LogP contribution < -0.4 is 0 Å². The quantitative estimate of drug-likeness (QED) is 0.594. The molecule has 2 nitrogen and oxygen atoms in total. The molecule has 0 saturated heterocycles. The molecule has 0 spiro atoms. The van der Waals surface area contributed by atoms with Crippen molar-refractivity contribution >= 4 is 54.2 Å². The Hall–Kier alpha value is -0.650. The van der Waals surface area contributed by atoms with Gasteiger partial charge in [0.2, 0.25) is 0 Å². The van der Waals surface area contributed by atoms with Gasteiger partial charge in [-0.2, -0.15) is 0 Å². The predicted octanol–water partition coefficient (Wildman–Crippen LogP) is 5.43. The lowest BCUT2D eigenvalue weighted by atomic mass is 10.1. The Bertz CT molecular complexity index is 743. The molecule has 2 aromatic heterocycles. The molecular weight excluding hydrogens is 376 g/mol. The first-order valence-electron chi connectivity index (χ1n) is 5.47. The van der Waals surface area contributed by atoms with E-state index >= 15 is 0 Å². The number of imidazole rings is 1. The van der Waals surface area contributed by atoms with Crippen LogP contribution >= 0.6 is 43.2 Å². The second kappa shape index (κ2) is 4.47. The van der Waals surface area contributed by atoms with E-state index in [4.69, 9.17) is 4.98 Å². The minimum absolute atomic E-state index is 0.910. The molecule has 0 amide bonds. The minimum atomic E-state index is 0.910. The van der Waals surface area contributed by atoms with Crippen molar-refractivity contribution in [1.29, 1.82) is 0 Å². The molecular formula is C13H10Br2N2S. The highest BCUT2D eigenvalue weighted by Gasteiger charge is 2.13. The van der Waals surface area contributed by atoms with Crippen LogP contribution in [-0.2, 0) is 0 Å². The average molecular weight is 386 g/mol. The topological polar surface area (TPSA) is 28.7 Å². The molecule has 0 atom stereocenters. The lowest BCUT2D eigenvalue weighted by Crippen LogP contribution is -1.79. The zero-order chi connectivity index (χ0) is 12.9. The highest BCUT2D eigenvalue weighted by Crippen LogP contribution is 2.38. The van der Waals surface area contributed by atoms with E-state index in [1.54, 1.807) is 11.3 Å². The summed E-state index contributed by atoms with van der Waals surface area (Å²) in [6.07, 6.45) is 0. The maximum Gasteiger partial charge on any atom is 0.140 e. The number of hydrogen-bond acceptors (Lipinski definition) is 2. The number of aryl methyl sites for hydroxylation is 2. The number of thiophene rings is 1. The number of hydrogen-bond donors (Lipinski definition) is 1. The number of nitrogens with one attached hydrogen (secondary N) is 1. The molecule has 0 aliphatic heterocycles. The second-order valence-corrected chi connectivity index (χ2v) is 8.05. The molecule has 0 aliphatic carbocycles. The largest absolute Gasteiger partial charge is 0.338 e. The Balaban J connectivity index is 2.25. The Morgan fingerprint density at radius 2 is 1.94 bits per heavy atom. The van der Waals surface area contributed by atoms with Crippen LogP contribution in [-0.4, -0.2) is 9.97 Å². The van der Waals surface area contributed by atoms with E-state index in [2.05, 4.69) is 68.9 Å². The molecule has 1 aromatic carbocycles. The predicted molar refractivity (Wildman–Crippen MR) is 84.3 cm³/mol. The van der Waals surface area contributed by atoms with Crippen LogP contribution in [0.1, 0.15) is 11.1 Å². The number of fused-ring (bicyclic) bond motifs is 1. The van der Waals surface area contributed by atoms with Crippen LogP contribution in [0.4, 0.5) is 0 Å². The van der Waals surface area contributed by atoms with Crippen molar-refractivity contribution in [3.63, 3.8) is 0 Å². The van der Waals surface area contributed by atoms with Gasteiger partial charge in [-0.15, -0.1) is 11.3 Å². The summed E-state index contributed by atoms with van der Waals surface area (Å²) in [5.74, 6) is 0.910. The van der Waals surface area contributed by atoms with E-state index in [-0.39, 0.29) is 0 Å². The molecule has 3 aromatic rings. The Kier molecular flexibility index (Phi) is 3.08. The first-order chi connectivity index (χ1) is 8.54. The number of rotatable bonds is 1. The van der Waals surface area contributed by atoms with E-state index in [0.29, 0.717) is 0 Å². The zero-order valence-corrected chi connectivity index (χ0v) is 13.8. The van der Waals surface area contributed by atoms with Gasteiger partial charge in [-0.25, -0.2) is 4.98 Å². The summed E-state index contributed by atoms with van der Waals surface area (Å²) < 4.78 is 2.18. The fraction of sp³-hybridized carbons (Fsp3) is 0.154. The molecule has 2 heterocycles. The number of aromatic nitrogens is 2. The van der Waals surface area contributed by atoms with Crippen molar-refractivity contribution in [2.24, 2.45) is 0 Å². The van der Waals surface area contributed by atoms with Crippen LogP contribution in [0.5, 0.6) is 0 Å². The van der Waals surface area contributed by atoms with Crippen molar-refractivity contribution in [3.8, 4) is 11.4 Å². The number of halogens is 2. The van der Waals surface area contributed by atoms with E-state index in [9.17, 15) is 0 Å². The highest BCUT2D eigenvalue weighted by atomic mass is 79.9. The van der Waals surface area contributed by atoms with Gasteiger partial charge in [0, 0.05) is 5.56 Å². The van der Waals surface area contributed by atoms with Crippen molar-refractivity contribution < 1.29 is 0 Å². The standard InChI is InChI=1S/C13H10Br2N2S/c1-6-3-7(2)11-9(4-6)16-13(17-11)8-5-10(14)18-12(8)15/h3-5H,1-2H3,(H,16,17). The molecule has 92 valence electrons. The normalized spacial score (nSPS) is 11.3. The van der Waals surface area contributed by atoms with Crippen LogP contribution in [0.2, 0.25) is 0 Å². The average Bonchev–Trinajstić information content (AvgIpc) is 2.81. The van der Waals surface area contributed by atoms with Crippen molar-refractivity contribution in [3.05, 3.63) is 36.9 Å². The Morgan fingerprint density at radius 1 is 1.17 bits per heavy atom. The highest BCUT2D eigenvalue weighted by molar-refractivity contribution is 9.12. The molecule has 0 aliphatic rings. The van der Waals surface area contributed by atoms with Gasteiger partial charge in [-0.1, -0.05) is 6.07 Å². The third-order valence-electron chi connectivity index (χ3n) is 2.83. The van der Waals surface area contributed by atoms with Crippen molar-refractivity contribution in [2.45, 2.75) is 13.8 Å². The summed E-state index contributed by atoms with van der Waals surface area (Å²) in [7, 11) is 0. The lowest BCUT2D eigenvalue weighted by molar-refractivity contribution is 1.33. The van der Waals surface area contributed by atoms with Crippen LogP contribution in [0.25, 0.3) is 22.4 Å². The van der Waals surface area contributed by atoms with Gasteiger partial charge in [-0.05, 0) is 69.0 Å². The molecule has 0 saturated carbocycles. The van der Waals surface area contributed by atoms with Crippen LogP contribution in [0.15, 0.2) is 25.8 Å². The lowest BCUT2D eigenvalue weighted by Gasteiger charge is -1.96. The third-order valence-corrected chi connectivity index (χ3v) is 5.17. The fourth-order valence-corrected chi connectivity index (χ4v) is 4.91. The number of aromatic amines is 1. The van der Waals surface area contributed by atoms with Crippen LogP contribution in [0.3, 0.4) is 0 Å². The van der Waals surface area contributed by atoms with Crippen LogP contribution in [0, 0.1) is 13.8 Å². The van der Waals surface area contributed by atoms with Crippen molar-refractivity contribution in [1.82, 2.24) is 9.97 Å². The van der Waals surface area contributed by atoms with Gasteiger partial charge < -0.3 is 4.98 Å². The van der Waals surface area contributed by atoms with Crippen molar-refractivity contribution in [2.75, 3.05) is 0 Å². The molecule has 5 heteroatoms. The first-order valence-corrected chi connectivity index (χ1v) is 7.87. The summed E-state index contributed by atoms with van der Waals surface area (Å²) in [5, 5.41) is 0. The van der Waals surface area contributed by atoms with Gasteiger partial charge in [0.1, 0.15) is 5.82 Å². The molecule has 0 radical (unpaired) electrons. The van der Waals surface area contributed by atoms with Gasteiger partial charge in [-0.3, -0.25) is 0 Å². The summed E-state index contributed by atoms with van der Waals surface area (Å²) in [6.45, 7) is 4.20. The SMILES string of the molecule is Cc1cc(C)c2nc(-c3cc(Br)sc3Br)[nH]c2c1. The van der Waals surface area contributed by atoms with Gasteiger partial charge in [0.15, 0.2) is 0 Å².